The van der Waals surface area contributed by atoms with Crippen molar-refractivity contribution in [2.45, 2.75) is 29.8 Å². The number of benzene rings is 2. The molecule has 0 unspecified atom stereocenters. The maximum Gasteiger partial charge on any atom is 0.501 e. The molecule has 0 aliphatic heterocycles. The van der Waals surface area contributed by atoms with Gasteiger partial charge in [0, 0.05) is 28.2 Å². The molecular formula is C28H24F4N2O5S2. The van der Waals surface area contributed by atoms with Crippen LogP contribution in [0.1, 0.15) is 22.3 Å². The zero-order chi connectivity index (χ0) is 29.7. The Morgan fingerprint density at radius 2 is 1.80 bits per heavy atom. The Bertz CT molecular complexity index is 1670. The Balaban J connectivity index is 1.39. The fourth-order valence-corrected chi connectivity index (χ4v) is 7.09. The van der Waals surface area contributed by atoms with Gasteiger partial charge in [0.2, 0.25) is 5.91 Å². The highest BCUT2D eigenvalue weighted by Crippen LogP contribution is 2.45. The Labute approximate surface area is 237 Å². The number of hydrogen-bond donors (Lipinski definition) is 2. The van der Waals surface area contributed by atoms with Gasteiger partial charge in [-0.1, -0.05) is 18.2 Å². The molecule has 2 aliphatic rings. The van der Waals surface area contributed by atoms with Crippen molar-refractivity contribution in [3.63, 3.8) is 0 Å². The molecular weight excluding hydrogens is 584 g/mol. The molecule has 5 rings (SSSR count). The minimum atomic E-state index is -5.61. The summed E-state index contributed by atoms with van der Waals surface area (Å²) in [6, 6.07) is 7.57. The van der Waals surface area contributed by atoms with Crippen molar-refractivity contribution in [1.82, 2.24) is 5.32 Å². The fourth-order valence-electron chi connectivity index (χ4n) is 5.37. The summed E-state index contributed by atoms with van der Waals surface area (Å²) in [5, 5.41) is 7.25. The van der Waals surface area contributed by atoms with Crippen molar-refractivity contribution in [2.75, 3.05) is 12.4 Å². The number of carbonyl (C=O) groups excluding carboxylic acids is 2. The van der Waals surface area contributed by atoms with Crippen molar-refractivity contribution >= 4 is 38.7 Å². The first kappa shape index (κ1) is 28.8. The van der Waals surface area contributed by atoms with Gasteiger partial charge in [0.15, 0.2) is 0 Å². The van der Waals surface area contributed by atoms with E-state index in [0.29, 0.717) is 11.3 Å². The third-order valence-corrected chi connectivity index (χ3v) is 9.87. The molecule has 7 nitrogen and oxygen atoms in total. The van der Waals surface area contributed by atoms with Gasteiger partial charge in [-0.15, -0.1) is 11.3 Å². The number of sulfone groups is 1. The van der Waals surface area contributed by atoms with E-state index in [4.69, 9.17) is 4.74 Å². The second-order valence-electron chi connectivity index (χ2n) is 9.96. The van der Waals surface area contributed by atoms with Crippen molar-refractivity contribution in [2.24, 2.45) is 17.8 Å². The molecule has 2 N–H and O–H groups in total. The highest BCUT2D eigenvalue weighted by Gasteiger charge is 2.49. The van der Waals surface area contributed by atoms with Crippen LogP contribution < -0.4 is 15.4 Å². The number of carbonyl (C=O) groups is 2. The lowest BCUT2D eigenvalue weighted by Gasteiger charge is -2.28. The van der Waals surface area contributed by atoms with E-state index in [9.17, 15) is 35.6 Å². The number of ether oxygens (including phenoxy) is 1. The highest BCUT2D eigenvalue weighted by atomic mass is 32.2. The molecule has 13 heteroatoms. The Morgan fingerprint density at radius 3 is 2.46 bits per heavy atom. The first-order valence-electron chi connectivity index (χ1n) is 12.4. The number of halogens is 4. The van der Waals surface area contributed by atoms with E-state index in [-0.39, 0.29) is 34.4 Å². The summed E-state index contributed by atoms with van der Waals surface area (Å²) in [7, 11) is -4.30. The van der Waals surface area contributed by atoms with Crippen LogP contribution in [0.25, 0.3) is 10.4 Å². The summed E-state index contributed by atoms with van der Waals surface area (Å²) in [5.74, 6) is -2.96. The van der Waals surface area contributed by atoms with Crippen molar-refractivity contribution in [3.8, 4) is 16.2 Å². The van der Waals surface area contributed by atoms with Crippen molar-refractivity contribution in [3.05, 3.63) is 76.9 Å². The molecule has 1 aromatic heterocycles. The Hall–Kier alpha value is -3.71. The molecule has 0 spiro atoms. The number of amides is 2. The molecule has 216 valence electrons. The molecule has 1 fully saturated rings. The number of nitrogens with one attached hydrogen (secondary N) is 2. The molecule has 1 saturated carbocycles. The molecule has 41 heavy (non-hydrogen) atoms. The molecule has 3 aromatic rings. The topological polar surface area (TPSA) is 102 Å². The molecule has 1 heterocycles. The minimum absolute atomic E-state index is 0.0133. The average molecular weight is 609 g/mol. The van der Waals surface area contributed by atoms with Gasteiger partial charge in [0.1, 0.15) is 11.6 Å². The van der Waals surface area contributed by atoms with Crippen LogP contribution in [0.4, 0.5) is 23.2 Å². The quantitative estimate of drug-likeness (QED) is 0.264. The fraction of sp³-hybridized carbons (Fsp3) is 0.286. The average Bonchev–Trinajstić information content (AvgIpc) is 3.64. The van der Waals surface area contributed by atoms with Crippen LogP contribution >= 0.6 is 11.3 Å². The smallest absolute Gasteiger partial charge is 0.496 e. The van der Waals surface area contributed by atoms with Crippen LogP contribution in [0.5, 0.6) is 5.75 Å². The van der Waals surface area contributed by atoms with Crippen LogP contribution in [0.2, 0.25) is 0 Å². The normalized spacial score (nSPS) is 21.6. The summed E-state index contributed by atoms with van der Waals surface area (Å²) < 4.78 is 82.8. The van der Waals surface area contributed by atoms with Crippen LogP contribution in [0.15, 0.2) is 64.9 Å². The largest absolute Gasteiger partial charge is 0.501 e. The van der Waals surface area contributed by atoms with E-state index in [1.165, 1.54) is 30.6 Å². The van der Waals surface area contributed by atoms with E-state index in [1.54, 1.807) is 6.07 Å². The highest BCUT2D eigenvalue weighted by molar-refractivity contribution is 7.92. The van der Waals surface area contributed by atoms with Gasteiger partial charge in [0.25, 0.3) is 15.7 Å². The molecule has 2 amide bonds. The number of thiophene rings is 1. The number of aryl methyl sites for hydroxylation is 1. The van der Waals surface area contributed by atoms with Gasteiger partial charge in [0.05, 0.1) is 23.5 Å². The second-order valence-corrected chi connectivity index (χ2v) is 12.8. The van der Waals surface area contributed by atoms with Crippen LogP contribution in [-0.4, -0.2) is 38.9 Å². The number of fused-ring (bicyclic) bond motifs is 2. The van der Waals surface area contributed by atoms with E-state index in [1.807, 2.05) is 24.5 Å². The maximum atomic E-state index is 14.9. The number of anilines is 1. The second kappa shape index (κ2) is 10.6. The first-order chi connectivity index (χ1) is 19.3. The van der Waals surface area contributed by atoms with Gasteiger partial charge < -0.3 is 15.4 Å². The lowest BCUT2D eigenvalue weighted by Crippen LogP contribution is -2.47. The number of alkyl halides is 3. The number of hydrogen-bond acceptors (Lipinski definition) is 6. The van der Waals surface area contributed by atoms with E-state index in [2.05, 4.69) is 10.6 Å². The zero-order valence-electron chi connectivity index (χ0n) is 21.7. The molecule has 2 aliphatic carbocycles. The summed E-state index contributed by atoms with van der Waals surface area (Å²) >= 11 is 1.33. The van der Waals surface area contributed by atoms with E-state index < -0.39 is 49.8 Å². The van der Waals surface area contributed by atoms with Gasteiger partial charge in [-0.3, -0.25) is 9.59 Å². The maximum absolute atomic E-state index is 14.9. The standard InChI is InChI=1S/C28H24F4N2O5S2/c1-14-8-23(40-13-14)19-11-20(22(39-2)12-21(19)29)26(35)34-25-16-7-6-15(9-16)24(25)27(36)33-17-4-3-5-18(10-17)41(37,38)28(30,31)32/h3-8,10-13,15-16,24-25H,9H2,1-2H3,(H,33,36)(H,34,35)/t15-,16+,24+,25-/m1/s1. The van der Waals surface area contributed by atoms with Gasteiger partial charge >= 0.3 is 5.51 Å². The number of allylic oxidation sites excluding steroid dienone is 1. The molecule has 4 atom stereocenters. The minimum Gasteiger partial charge on any atom is -0.496 e. The SMILES string of the molecule is COc1cc(F)c(-c2cc(C)cs2)cc1C(=O)N[C@H]1[C@@H](C(=O)Nc2cccc(S(=O)(=O)C(F)(F)F)c2)[C@@H]2C=C[C@H]1C2. The Kier molecular flexibility index (Phi) is 7.45. The molecule has 2 aromatic carbocycles. The zero-order valence-corrected chi connectivity index (χ0v) is 23.3. The van der Waals surface area contributed by atoms with Crippen LogP contribution in [-0.2, 0) is 14.6 Å². The third-order valence-electron chi connectivity index (χ3n) is 7.31. The summed E-state index contributed by atoms with van der Waals surface area (Å²) in [6.45, 7) is 1.87. The van der Waals surface area contributed by atoms with Crippen LogP contribution in [0, 0.1) is 30.5 Å². The summed E-state index contributed by atoms with van der Waals surface area (Å²) in [6.07, 6.45) is 4.29. The lowest BCUT2D eigenvalue weighted by molar-refractivity contribution is -0.121. The third kappa shape index (κ3) is 5.35. The van der Waals surface area contributed by atoms with Crippen LogP contribution in [0.3, 0.4) is 0 Å². The number of rotatable bonds is 7. The Morgan fingerprint density at radius 1 is 1.07 bits per heavy atom. The molecule has 0 saturated heterocycles. The number of methoxy groups -OCH3 is 1. The van der Waals surface area contributed by atoms with E-state index >= 15 is 0 Å². The predicted molar refractivity (Wildman–Crippen MR) is 145 cm³/mol. The summed E-state index contributed by atoms with van der Waals surface area (Å²) in [5.41, 5.74) is -4.39. The predicted octanol–water partition coefficient (Wildman–Crippen LogP) is 5.72. The van der Waals surface area contributed by atoms with Crippen molar-refractivity contribution < 1.29 is 40.3 Å². The molecule has 2 bridgehead atoms. The van der Waals surface area contributed by atoms with Gasteiger partial charge in [-0.25, -0.2) is 12.8 Å². The lowest BCUT2D eigenvalue weighted by atomic mass is 9.87. The van der Waals surface area contributed by atoms with Gasteiger partial charge in [-0.05, 0) is 66.5 Å². The van der Waals surface area contributed by atoms with Crippen molar-refractivity contribution in [1.29, 1.82) is 0 Å². The van der Waals surface area contributed by atoms with E-state index in [0.717, 1.165) is 29.8 Å². The van der Waals surface area contributed by atoms with Gasteiger partial charge in [-0.2, -0.15) is 13.2 Å². The first-order valence-corrected chi connectivity index (χ1v) is 14.8. The monoisotopic (exact) mass is 608 g/mol. The summed E-state index contributed by atoms with van der Waals surface area (Å²) in [4.78, 5) is 26.5. The molecule has 0 radical (unpaired) electrons.